The number of benzene rings is 3. The smallest absolute Gasteiger partial charge is 0.222 e. The molecule has 0 atom stereocenters. The van der Waals surface area contributed by atoms with E-state index in [1.807, 2.05) is 22.8 Å². The minimum absolute atomic E-state index is 0.0621. The molecule has 0 aliphatic rings. The summed E-state index contributed by atoms with van der Waals surface area (Å²) < 4.78 is 40.1. The van der Waals surface area contributed by atoms with Crippen LogP contribution in [-0.2, 0) is 17.8 Å². The van der Waals surface area contributed by atoms with Gasteiger partial charge in [-0.1, -0.05) is 30.0 Å². The third kappa shape index (κ3) is 6.62. The Morgan fingerprint density at radius 1 is 0.929 bits per heavy atom. The fourth-order valence-electron chi connectivity index (χ4n) is 4.74. The molecule has 5 aromatic rings. The van der Waals surface area contributed by atoms with Crippen LogP contribution in [0, 0.1) is 11.6 Å². The number of rotatable bonds is 12. The topological polar surface area (TPSA) is 82.4 Å². The molecule has 8 nitrogen and oxygen atoms in total. The third-order valence-electron chi connectivity index (χ3n) is 7.04. The summed E-state index contributed by atoms with van der Waals surface area (Å²) >= 11 is 1.42. The molecule has 0 radical (unpaired) electrons. The molecule has 42 heavy (non-hydrogen) atoms. The zero-order valence-electron chi connectivity index (χ0n) is 23.6. The maximum absolute atomic E-state index is 14.1. The van der Waals surface area contributed by atoms with Crippen molar-refractivity contribution in [3.63, 3.8) is 0 Å². The molecule has 0 fully saturated rings. The first-order chi connectivity index (χ1) is 20.4. The van der Waals surface area contributed by atoms with Crippen LogP contribution in [0.4, 0.5) is 8.78 Å². The fourth-order valence-corrected chi connectivity index (χ4v) is 5.46. The molecule has 0 N–H and O–H groups in total. The Kier molecular flexibility index (Phi) is 9.16. The van der Waals surface area contributed by atoms with Gasteiger partial charge in [0.1, 0.15) is 17.2 Å². The first-order valence-corrected chi connectivity index (χ1v) is 14.5. The van der Waals surface area contributed by atoms with E-state index in [9.17, 15) is 13.6 Å². The first-order valence-electron chi connectivity index (χ1n) is 13.5. The summed E-state index contributed by atoms with van der Waals surface area (Å²) in [5.74, 6) is 1.35. The number of carbonyl (C=O) groups excluding carboxylic acids is 1. The number of aromatic nitrogens is 4. The maximum atomic E-state index is 14.1. The molecule has 0 spiro atoms. The standard InChI is InChI=1S/C31H31F2N5O3S/c1-37(15-14-20-8-13-26(40-2)27(17-20)41-3)28(39)5-4-16-42-31-34-30-29(35-36-31)24-18-23(33)11-12-25(24)38(30)19-21-6-9-22(32)10-7-21/h6-13,17-18H,4-5,14-16,19H2,1-3H3. The zero-order chi connectivity index (χ0) is 29.6. The van der Waals surface area contributed by atoms with Gasteiger partial charge in [0.15, 0.2) is 17.1 Å². The van der Waals surface area contributed by atoms with E-state index in [1.54, 1.807) is 44.4 Å². The van der Waals surface area contributed by atoms with Crippen molar-refractivity contribution in [3.05, 3.63) is 83.4 Å². The minimum atomic E-state index is -0.373. The molecule has 3 aromatic carbocycles. The quantitative estimate of drug-likeness (QED) is 0.132. The summed E-state index contributed by atoms with van der Waals surface area (Å²) in [5.41, 5.74) is 3.77. The van der Waals surface area contributed by atoms with Gasteiger partial charge in [-0.25, -0.2) is 13.8 Å². The lowest BCUT2D eigenvalue weighted by molar-refractivity contribution is -0.129. The molecular formula is C31H31F2N5O3S. The monoisotopic (exact) mass is 591 g/mol. The van der Waals surface area contributed by atoms with E-state index in [0.717, 1.165) is 16.6 Å². The van der Waals surface area contributed by atoms with Crippen molar-refractivity contribution >= 4 is 39.7 Å². The number of nitrogens with zero attached hydrogens (tertiary/aromatic N) is 5. The largest absolute Gasteiger partial charge is 0.493 e. The number of hydrogen-bond acceptors (Lipinski definition) is 7. The van der Waals surface area contributed by atoms with Gasteiger partial charge in [-0.3, -0.25) is 4.79 Å². The summed E-state index contributed by atoms with van der Waals surface area (Å²) in [7, 11) is 5.00. The minimum Gasteiger partial charge on any atom is -0.493 e. The van der Waals surface area contributed by atoms with E-state index >= 15 is 0 Å². The maximum Gasteiger partial charge on any atom is 0.222 e. The molecule has 1 amide bonds. The van der Waals surface area contributed by atoms with Crippen molar-refractivity contribution in [1.82, 2.24) is 24.6 Å². The van der Waals surface area contributed by atoms with Crippen LogP contribution in [0.2, 0.25) is 0 Å². The molecule has 0 saturated carbocycles. The number of halogens is 2. The predicted molar refractivity (Wildman–Crippen MR) is 159 cm³/mol. The van der Waals surface area contributed by atoms with Gasteiger partial charge in [0.2, 0.25) is 11.1 Å². The average molecular weight is 592 g/mol. The Bertz CT molecular complexity index is 1710. The van der Waals surface area contributed by atoms with E-state index in [1.165, 1.54) is 36.0 Å². The second kappa shape index (κ2) is 13.2. The highest BCUT2D eigenvalue weighted by atomic mass is 32.2. The van der Waals surface area contributed by atoms with E-state index in [-0.39, 0.29) is 17.5 Å². The molecule has 2 heterocycles. The highest BCUT2D eigenvalue weighted by molar-refractivity contribution is 7.99. The van der Waals surface area contributed by atoms with Gasteiger partial charge in [-0.15, -0.1) is 10.2 Å². The molecule has 0 saturated heterocycles. The van der Waals surface area contributed by atoms with Gasteiger partial charge < -0.3 is 18.9 Å². The number of hydrogen-bond donors (Lipinski definition) is 0. The number of carbonyl (C=O) groups is 1. The number of methoxy groups -OCH3 is 2. The summed E-state index contributed by atoms with van der Waals surface area (Å²) in [6.45, 7) is 1.00. The summed E-state index contributed by atoms with van der Waals surface area (Å²) in [4.78, 5) is 19.2. The van der Waals surface area contributed by atoms with Gasteiger partial charge >= 0.3 is 0 Å². The summed E-state index contributed by atoms with van der Waals surface area (Å²) in [5, 5.41) is 9.72. The SMILES string of the molecule is COc1ccc(CCN(C)C(=O)CCCSc2nnc3c4cc(F)ccc4n(Cc4ccc(F)cc4)c3n2)cc1OC. The fraction of sp³-hybridized carbons (Fsp3) is 0.290. The molecule has 0 aliphatic carbocycles. The van der Waals surface area contributed by atoms with Crippen LogP contribution in [0.25, 0.3) is 22.1 Å². The lowest BCUT2D eigenvalue weighted by Crippen LogP contribution is -2.28. The molecule has 0 unspecified atom stereocenters. The van der Waals surface area contributed by atoms with Crippen LogP contribution in [0.1, 0.15) is 24.0 Å². The van der Waals surface area contributed by atoms with Gasteiger partial charge in [0.25, 0.3) is 0 Å². The average Bonchev–Trinajstić information content (AvgIpc) is 3.30. The lowest BCUT2D eigenvalue weighted by Gasteiger charge is -2.17. The Morgan fingerprint density at radius 2 is 1.67 bits per heavy atom. The van der Waals surface area contributed by atoms with Crippen molar-refractivity contribution in [2.75, 3.05) is 33.6 Å². The molecule has 5 rings (SSSR count). The first kappa shape index (κ1) is 29.2. The molecule has 218 valence electrons. The summed E-state index contributed by atoms with van der Waals surface area (Å²) in [6, 6.07) is 16.5. The number of ether oxygens (including phenoxy) is 2. The zero-order valence-corrected chi connectivity index (χ0v) is 24.5. The second-order valence-electron chi connectivity index (χ2n) is 9.85. The molecule has 2 aromatic heterocycles. The lowest BCUT2D eigenvalue weighted by atomic mass is 10.1. The Balaban J connectivity index is 1.20. The van der Waals surface area contributed by atoms with Crippen LogP contribution in [0.15, 0.2) is 65.8 Å². The van der Waals surface area contributed by atoms with Crippen molar-refractivity contribution in [2.24, 2.45) is 0 Å². The number of fused-ring (bicyclic) bond motifs is 3. The predicted octanol–water partition coefficient (Wildman–Crippen LogP) is 5.90. The van der Waals surface area contributed by atoms with Crippen molar-refractivity contribution in [3.8, 4) is 11.5 Å². The highest BCUT2D eigenvalue weighted by Crippen LogP contribution is 2.30. The van der Waals surface area contributed by atoms with Crippen LogP contribution >= 0.6 is 11.8 Å². The van der Waals surface area contributed by atoms with E-state index in [2.05, 4.69) is 10.2 Å². The van der Waals surface area contributed by atoms with Crippen LogP contribution in [-0.4, -0.2) is 64.1 Å². The van der Waals surface area contributed by atoms with Gasteiger partial charge in [0, 0.05) is 37.7 Å². The number of thioether (sulfide) groups is 1. The highest BCUT2D eigenvalue weighted by Gasteiger charge is 2.17. The normalized spacial score (nSPS) is 11.3. The second-order valence-corrected chi connectivity index (χ2v) is 10.9. The summed E-state index contributed by atoms with van der Waals surface area (Å²) in [6.07, 6.45) is 1.75. The number of likely N-dealkylation sites (N-methyl/N-ethyl adjacent to an activating group) is 1. The van der Waals surface area contributed by atoms with Gasteiger partial charge in [0.05, 0.1) is 19.7 Å². The van der Waals surface area contributed by atoms with Gasteiger partial charge in [-0.2, -0.15) is 0 Å². The van der Waals surface area contributed by atoms with Gasteiger partial charge in [-0.05, 0) is 66.4 Å². The van der Waals surface area contributed by atoms with E-state index < -0.39 is 0 Å². The van der Waals surface area contributed by atoms with Crippen molar-refractivity contribution in [2.45, 2.75) is 31.0 Å². The van der Waals surface area contributed by atoms with E-state index in [4.69, 9.17) is 14.5 Å². The molecule has 11 heteroatoms. The molecular weight excluding hydrogens is 560 g/mol. The van der Waals surface area contributed by atoms with Crippen molar-refractivity contribution in [1.29, 1.82) is 0 Å². The number of amides is 1. The Labute approximate surface area is 246 Å². The van der Waals surface area contributed by atoms with Crippen molar-refractivity contribution < 1.29 is 23.0 Å². The Hall–Kier alpha value is -4.25. The third-order valence-corrected chi connectivity index (χ3v) is 7.96. The molecule has 0 aliphatic heterocycles. The van der Waals surface area contributed by atoms with Crippen LogP contribution < -0.4 is 9.47 Å². The Morgan fingerprint density at radius 3 is 2.43 bits per heavy atom. The van der Waals surface area contributed by atoms with Crippen LogP contribution in [0.3, 0.4) is 0 Å². The van der Waals surface area contributed by atoms with Crippen LogP contribution in [0.5, 0.6) is 11.5 Å². The van der Waals surface area contributed by atoms with E-state index in [0.29, 0.717) is 71.3 Å². The molecule has 0 bridgehead atoms.